The number of rotatable bonds is 4. The molecule has 9 heteroatoms. The minimum atomic E-state index is -0.691. The molecule has 1 aromatic rings. The van der Waals surface area contributed by atoms with Crippen molar-refractivity contribution in [2.45, 2.75) is 13.0 Å². The normalized spacial score (nSPS) is 20.5. The maximum absolute atomic E-state index is 12.7. The molecule has 0 aliphatic carbocycles. The number of methoxy groups -OCH3 is 1. The van der Waals surface area contributed by atoms with Crippen molar-refractivity contribution in [2.24, 2.45) is 0 Å². The highest BCUT2D eigenvalue weighted by molar-refractivity contribution is 6.05. The van der Waals surface area contributed by atoms with Crippen molar-refractivity contribution in [3.05, 3.63) is 24.3 Å². The van der Waals surface area contributed by atoms with E-state index in [9.17, 15) is 19.2 Å². The number of imide groups is 1. The standard InChI is InChI=1S/C17H20N4O5/c1-11-16(24)20(12-4-3-5-13(8-12)26-2)7-6-19(11)15(23)10-21-14(22)9-18-17(21)25/h3-5,8,11H,6-7,9-10H2,1-2H3,(H,18,25)/t11-/m1/s1. The predicted molar refractivity (Wildman–Crippen MR) is 91.6 cm³/mol. The minimum Gasteiger partial charge on any atom is -0.497 e. The Morgan fingerprint density at radius 1 is 1.27 bits per heavy atom. The number of anilines is 1. The van der Waals surface area contributed by atoms with Crippen LogP contribution in [0.1, 0.15) is 6.92 Å². The molecule has 0 radical (unpaired) electrons. The van der Waals surface area contributed by atoms with Crippen molar-refractivity contribution in [3.63, 3.8) is 0 Å². The number of benzene rings is 1. The molecule has 0 aromatic heterocycles. The van der Waals surface area contributed by atoms with Gasteiger partial charge in [0, 0.05) is 24.8 Å². The topological polar surface area (TPSA) is 99.3 Å². The Bertz CT molecular complexity index is 749. The molecule has 1 N–H and O–H groups in total. The number of hydrogen-bond donors (Lipinski definition) is 1. The number of urea groups is 1. The first-order chi connectivity index (χ1) is 12.4. The lowest BCUT2D eigenvalue weighted by molar-refractivity contribution is -0.143. The first kappa shape index (κ1) is 17.7. The Labute approximate surface area is 150 Å². The van der Waals surface area contributed by atoms with Crippen LogP contribution in [0.4, 0.5) is 10.5 Å². The Hall–Kier alpha value is -3.10. The molecule has 2 heterocycles. The van der Waals surface area contributed by atoms with Gasteiger partial charge in [-0.05, 0) is 19.1 Å². The number of piperazine rings is 1. The van der Waals surface area contributed by atoms with E-state index in [-0.39, 0.29) is 19.0 Å². The van der Waals surface area contributed by atoms with Crippen LogP contribution in [0.25, 0.3) is 0 Å². The number of nitrogens with zero attached hydrogens (tertiary/aromatic N) is 3. The second-order valence-corrected chi connectivity index (χ2v) is 6.09. The lowest BCUT2D eigenvalue weighted by Gasteiger charge is -2.39. The van der Waals surface area contributed by atoms with Crippen molar-refractivity contribution < 1.29 is 23.9 Å². The van der Waals surface area contributed by atoms with Gasteiger partial charge in [-0.2, -0.15) is 0 Å². The zero-order valence-electron chi connectivity index (χ0n) is 14.6. The monoisotopic (exact) mass is 360 g/mol. The second kappa shape index (κ2) is 7.03. The minimum absolute atomic E-state index is 0.107. The van der Waals surface area contributed by atoms with Crippen LogP contribution in [0.3, 0.4) is 0 Å². The average Bonchev–Trinajstić information content (AvgIpc) is 2.95. The second-order valence-electron chi connectivity index (χ2n) is 6.09. The van der Waals surface area contributed by atoms with Crippen LogP contribution in [0.15, 0.2) is 24.3 Å². The maximum Gasteiger partial charge on any atom is 0.325 e. The lowest BCUT2D eigenvalue weighted by atomic mass is 10.1. The van der Waals surface area contributed by atoms with Crippen LogP contribution in [0.2, 0.25) is 0 Å². The van der Waals surface area contributed by atoms with E-state index < -0.39 is 23.9 Å². The van der Waals surface area contributed by atoms with Gasteiger partial charge in [0.15, 0.2) is 0 Å². The predicted octanol–water partition coefficient (Wildman–Crippen LogP) is -0.189. The summed E-state index contributed by atoms with van der Waals surface area (Å²) >= 11 is 0. The Balaban J connectivity index is 1.70. The Kier molecular flexibility index (Phi) is 4.79. The van der Waals surface area contributed by atoms with E-state index in [1.807, 2.05) is 0 Å². The quantitative estimate of drug-likeness (QED) is 0.751. The van der Waals surface area contributed by atoms with Gasteiger partial charge in [0.2, 0.25) is 11.8 Å². The van der Waals surface area contributed by atoms with Gasteiger partial charge in [0.1, 0.15) is 18.3 Å². The number of carbonyl (C=O) groups is 4. The Morgan fingerprint density at radius 2 is 2.04 bits per heavy atom. The van der Waals surface area contributed by atoms with E-state index in [2.05, 4.69) is 5.32 Å². The molecule has 2 aliphatic heterocycles. The summed E-state index contributed by atoms with van der Waals surface area (Å²) in [4.78, 5) is 52.3. The maximum atomic E-state index is 12.7. The summed E-state index contributed by atoms with van der Waals surface area (Å²) in [5.74, 6) is -0.464. The molecule has 138 valence electrons. The highest BCUT2D eigenvalue weighted by Gasteiger charge is 2.38. The van der Waals surface area contributed by atoms with Gasteiger partial charge in [-0.15, -0.1) is 0 Å². The zero-order valence-corrected chi connectivity index (χ0v) is 14.6. The average molecular weight is 360 g/mol. The SMILES string of the molecule is COc1cccc(N2CCN(C(=O)CN3C(=O)CNC3=O)[C@H](C)C2=O)c1. The summed E-state index contributed by atoms with van der Waals surface area (Å²) in [5, 5.41) is 2.37. The molecule has 2 aliphatic rings. The summed E-state index contributed by atoms with van der Waals surface area (Å²) in [7, 11) is 1.55. The molecule has 0 bridgehead atoms. The van der Waals surface area contributed by atoms with Crippen molar-refractivity contribution in [3.8, 4) is 5.75 Å². The summed E-state index contributed by atoms with van der Waals surface area (Å²) in [6.07, 6.45) is 0. The molecule has 0 saturated carbocycles. The van der Waals surface area contributed by atoms with E-state index in [0.29, 0.717) is 24.5 Å². The fraction of sp³-hybridized carbons (Fsp3) is 0.412. The van der Waals surface area contributed by atoms with E-state index in [1.165, 1.54) is 4.90 Å². The van der Waals surface area contributed by atoms with Crippen molar-refractivity contribution in [1.29, 1.82) is 0 Å². The molecule has 26 heavy (non-hydrogen) atoms. The largest absolute Gasteiger partial charge is 0.497 e. The van der Waals surface area contributed by atoms with E-state index >= 15 is 0 Å². The smallest absolute Gasteiger partial charge is 0.325 e. The van der Waals surface area contributed by atoms with Crippen LogP contribution in [0, 0.1) is 0 Å². The molecular formula is C17H20N4O5. The summed E-state index contributed by atoms with van der Waals surface area (Å²) in [6.45, 7) is 1.80. The molecule has 3 rings (SSSR count). The number of ether oxygens (including phenoxy) is 1. The van der Waals surface area contributed by atoms with Crippen LogP contribution in [-0.2, 0) is 14.4 Å². The summed E-state index contributed by atoms with van der Waals surface area (Å²) in [5.41, 5.74) is 0.697. The van der Waals surface area contributed by atoms with Gasteiger partial charge in [0.05, 0.1) is 13.7 Å². The lowest BCUT2D eigenvalue weighted by Crippen LogP contribution is -2.59. The number of carbonyl (C=O) groups excluding carboxylic acids is 4. The first-order valence-electron chi connectivity index (χ1n) is 8.25. The first-order valence-corrected chi connectivity index (χ1v) is 8.25. The molecular weight excluding hydrogens is 340 g/mol. The zero-order chi connectivity index (χ0) is 18.8. The number of hydrogen-bond acceptors (Lipinski definition) is 5. The number of nitrogens with one attached hydrogen (secondary N) is 1. The van der Waals surface area contributed by atoms with Gasteiger partial charge < -0.3 is 19.9 Å². The van der Waals surface area contributed by atoms with Gasteiger partial charge in [-0.3, -0.25) is 19.3 Å². The van der Waals surface area contributed by atoms with Crippen molar-refractivity contribution >= 4 is 29.4 Å². The highest BCUT2D eigenvalue weighted by Crippen LogP contribution is 2.24. The molecule has 2 fully saturated rings. The fourth-order valence-corrected chi connectivity index (χ4v) is 3.09. The number of amides is 5. The fourth-order valence-electron chi connectivity index (χ4n) is 3.09. The summed E-state index contributed by atoms with van der Waals surface area (Å²) in [6, 6.07) is 5.87. The molecule has 9 nitrogen and oxygen atoms in total. The van der Waals surface area contributed by atoms with E-state index in [1.54, 1.807) is 43.2 Å². The van der Waals surface area contributed by atoms with Gasteiger partial charge in [0.25, 0.3) is 5.91 Å². The molecule has 2 saturated heterocycles. The van der Waals surface area contributed by atoms with Crippen LogP contribution < -0.4 is 15.0 Å². The van der Waals surface area contributed by atoms with Gasteiger partial charge in [-0.1, -0.05) is 6.07 Å². The van der Waals surface area contributed by atoms with Crippen molar-refractivity contribution in [1.82, 2.24) is 15.1 Å². The third-order valence-corrected chi connectivity index (χ3v) is 4.57. The third-order valence-electron chi connectivity index (χ3n) is 4.57. The van der Waals surface area contributed by atoms with Crippen LogP contribution in [0.5, 0.6) is 5.75 Å². The van der Waals surface area contributed by atoms with Gasteiger partial charge >= 0.3 is 6.03 Å². The van der Waals surface area contributed by atoms with Crippen LogP contribution in [-0.4, -0.2) is 72.9 Å². The van der Waals surface area contributed by atoms with E-state index in [0.717, 1.165) is 4.90 Å². The van der Waals surface area contributed by atoms with E-state index in [4.69, 9.17) is 4.74 Å². The van der Waals surface area contributed by atoms with Gasteiger partial charge in [-0.25, -0.2) is 4.79 Å². The summed E-state index contributed by atoms with van der Waals surface area (Å²) < 4.78 is 5.18. The molecule has 1 atom stereocenters. The molecule has 1 aromatic carbocycles. The highest BCUT2D eigenvalue weighted by atomic mass is 16.5. The van der Waals surface area contributed by atoms with Crippen molar-refractivity contribution in [2.75, 3.05) is 38.2 Å². The van der Waals surface area contributed by atoms with Crippen LogP contribution >= 0.6 is 0 Å². The molecule has 5 amide bonds. The molecule has 0 spiro atoms. The third kappa shape index (κ3) is 3.19. The Morgan fingerprint density at radius 3 is 2.69 bits per heavy atom. The molecule has 0 unspecified atom stereocenters.